The van der Waals surface area contributed by atoms with Crippen LogP contribution in [0, 0.1) is 5.92 Å². The second-order valence-electron chi connectivity index (χ2n) is 7.66. The molecule has 1 atom stereocenters. The number of methoxy groups -OCH3 is 1. The fourth-order valence-electron chi connectivity index (χ4n) is 3.40. The molecule has 1 fully saturated rings. The second-order valence-corrected chi connectivity index (χ2v) is 7.66. The summed E-state index contributed by atoms with van der Waals surface area (Å²) in [5.74, 6) is 1.42. The summed E-state index contributed by atoms with van der Waals surface area (Å²) in [6, 6.07) is 5.17. The third-order valence-electron chi connectivity index (χ3n) is 5.07. The molecule has 0 spiro atoms. The molecule has 1 saturated heterocycles. The number of halogens is 4. The van der Waals surface area contributed by atoms with Gasteiger partial charge in [-0.3, -0.25) is 9.89 Å². The molecule has 0 aliphatic carbocycles. The Kier molecular flexibility index (Phi) is 12.4. The Hall–Kier alpha value is -1.47. The summed E-state index contributed by atoms with van der Waals surface area (Å²) in [6.45, 7) is 7.54. The highest BCUT2D eigenvalue weighted by molar-refractivity contribution is 14.0. The molecule has 1 aliphatic heterocycles. The minimum absolute atomic E-state index is 0. The van der Waals surface area contributed by atoms with E-state index in [9.17, 15) is 13.2 Å². The number of rotatable bonds is 9. The van der Waals surface area contributed by atoms with Crippen LogP contribution >= 0.6 is 24.0 Å². The molecule has 2 rings (SSSR count). The van der Waals surface area contributed by atoms with Gasteiger partial charge in [0.25, 0.3) is 0 Å². The van der Waals surface area contributed by atoms with Crippen molar-refractivity contribution in [3.8, 4) is 11.5 Å². The first-order valence-electron chi connectivity index (χ1n) is 10.4. The molecule has 0 aromatic heterocycles. The van der Waals surface area contributed by atoms with E-state index in [0.29, 0.717) is 24.5 Å². The van der Waals surface area contributed by atoms with Gasteiger partial charge in [-0.1, -0.05) is 19.9 Å². The molecule has 1 unspecified atom stereocenters. The second kappa shape index (κ2) is 13.9. The summed E-state index contributed by atoms with van der Waals surface area (Å²) in [5.41, 5.74) is 0.827. The number of benzene rings is 1. The van der Waals surface area contributed by atoms with Crippen LogP contribution in [0.4, 0.5) is 13.2 Å². The third kappa shape index (κ3) is 9.57. The minimum Gasteiger partial charge on any atom is -0.493 e. The summed E-state index contributed by atoms with van der Waals surface area (Å²) in [7, 11) is 3.09. The first-order valence-corrected chi connectivity index (χ1v) is 10.4. The lowest BCUT2D eigenvalue weighted by atomic mass is 10.0. The lowest BCUT2D eigenvalue weighted by Gasteiger charge is -2.37. The van der Waals surface area contributed by atoms with E-state index in [0.717, 1.165) is 38.4 Å². The van der Waals surface area contributed by atoms with Crippen LogP contribution in [0.1, 0.15) is 19.4 Å². The Balaban J connectivity index is 0.00000512. The predicted octanol–water partition coefficient (Wildman–Crippen LogP) is 3.28. The summed E-state index contributed by atoms with van der Waals surface area (Å²) < 4.78 is 52.6. The number of alkyl halides is 3. The Morgan fingerprint density at radius 1 is 1.19 bits per heavy atom. The zero-order valence-corrected chi connectivity index (χ0v) is 21.3. The molecule has 184 valence electrons. The van der Waals surface area contributed by atoms with E-state index in [2.05, 4.69) is 34.4 Å². The largest absolute Gasteiger partial charge is 0.493 e. The fourth-order valence-corrected chi connectivity index (χ4v) is 3.40. The summed E-state index contributed by atoms with van der Waals surface area (Å²) in [4.78, 5) is 6.70. The molecule has 1 aromatic carbocycles. The maximum absolute atomic E-state index is 12.4. The van der Waals surface area contributed by atoms with Gasteiger partial charge < -0.3 is 24.8 Å². The molecule has 0 saturated carbocycles. The van der Waals surface area contributed by atoms with Crippen molar-refractivity contribution >= 4 is 29.9 Å². The number of ether oxygens (including phenoxy) is 3. The van der Waals surface area contributed by atoms with Crippen LogP contribution in [0.15, 0.2) is 23.2 Å². The SMILES string of the molecule is CN=C(NCc1ccc(OCC(F)(F)F)c(OC)c1)NCC(C(C)C)N1CCOCC1.I. The Labute approximate surface area is 205 Å². The van der Waals surface area contributed by atoms with E-state index in [1.54, 1.807) is 19.2 Å². The smallest absolute Gasteiger partial charge is 0.422 e. The molecule has 1 aliphatic rings. The normalized spacial score (nSPS) is 16.3. The maximum atomic E-state index is 12.4. The number of hydrogen-bond acceptors (Lipinski definition) is 5. The lowest BCUT2D eigenvalue weighted by Crippen LogP contribution is -2.52. The summed E-state index contributed by atoms with van der Waals surface area (Å²) in [5, 5.41) is 6.60. The Bertz CT molecular complexity index is 714. The predicted molar refractivity (Wildman–Crippen MR) is 129 cm³/mol. The number of guanidine groups is 1. The number of morpholine rings is 1. The standard InChI is InChI=1S/C21H33F3N4O3.HI/c1-15(2)17(28-7-9-30-10-8-28)13-27-20(25-3)26-12-16-5-6-18(19(11-16)29-4)31-14-21(22,23)24;/h5-6,11,15,17H,7-10,12-14H2,1-4H3,(H2,25,26,27);1H. The van der Waals surface area contributed by atoms with Crippen molar-refractivity contribution in [2.75, 3.05) is 53.6 Å². The molecular formula is C21H34F3IN4O3. The molecule has 1 heterocycles. The lowest BCUT2D eigenvalue weighted by molar-refractivity contribution is -0.153. The monoisotopic (exact) mass is 574 g/mol. The van der Waals surface area contributed by atoms with Crippen LogP contribution in [0.3, 0.4) is 0 Å². The quantitative estimate of drug-likeness (QED) is 0.268. The van der Waals surface area contributed by atoms with Crippen LogP contribution in [0.5, 0.6) is 11.5 Å². The summed E-state index contributed by atoms with van der Waals surface area (Å²) >= 11 is 0. The zero-order chi connectivity index (χ0) is 22.9. The van der Waals surface area contributed by atoms with E-state index in [4.69, 9.17) is 14.2 Å². The molecule has 11 heteroatoms. The van der Waals surface area contributed by atoms with Crippen LogP contribution in [0.2, 0.25) is 0 Å². The topological polar surface area (TPSA) is 67.4 Å². The van der Waals surface area contributed by atoms with Crippen molar-refractivity contribution < 1.29 is 27.4 Å². The van der Waals surface area contributed by atoms with E-state index >= 15 is 0 Å². The molecule has 2 N–H and O–H groups in total. The third-order valence-corrected chi connectivity index (χ3v) is 5.07. The fraction of sp³-hybridized carbons (Fsp3) is 0.667. The van der Waals surface area contributed by atoms with E-state index < -0.39 is 12.8 Å². The number of aliphatic imine (C=N–C) groups is 1. The minimum atomic E-state index is -4.40. The van der Waals surface area contributed by atoms with Crippen molar-refractivity contribution in [3.63, 3.8) is 0 Å². The molecule has 0 radical (unpaired) electrons. The van der Waals surface area contributed by atoms with E-state index in [1.165, 1.54) is 13.2 Å². The van der Waals surface area contributed by atoms with Gasteiger partial charge in [-0.25, -0.2) is 0 Å². The molecule has 0 amide bonds. The number of nitrogens with one attached hydrogen (secondary N) is 2. The van der Waals surface area contributed by atoms with Crippen molar-refractivity contribution in [3.05, 3.63) is 23.8 Å². The highest BCUT2D eigenvalue weighted by Crippen LogP contribution is 2.29. The van der Waals surface area contributed by atoms with Gasteiger partial charge in [0.15, 0.2) is 24.1 Å². The van der Waals surface area contributed by atoms with Gasteiger partial charge in [-0.15, -0.1) is 24.0 Å². The number of nitrogens with zero attached hydrogens (tertiary/aromatic N) is 2. The van der Waals surface area contributed by atoms with Gasteiger partial charge in [0, 0.05) is 39.3 Å². The van der Waals surface area contributed by atoms with Gasteiger partial charge in [-0.05, 0) is 23.6 Å². The first-order chi connectivity index (χ1) is 14.7. The maximum Gasteiger partial charge on any atom is 0.422 e. The van der Waals surface area contributed by atoms with Gasteiger partial charge in [0.1, 0.15) is 0 Å². The van der Waals surface area contributed by atoms with E-state index in [-0.39, 0.29) is 35.5 Å². The Morgan fingerprint density at radius 2 is 1.88 bits per heavy atom. The average molecular weight is 574 g/mol. The van der Waals surface area contributed by atoms with Gasteiger partial charge in [0.05, 0.1) is 20.3 Å². The molecular weight excluding hydrogens is 540 g/mol. The van der Waals surface area contributed by atoms with Gasteiger partial charge >= 0.3 is 6.18 Å². The van der Waals surface area contributed by atoms with E-state index in [1.807, 2.05) is 0 Å². The van der Waals surface area contributed by atoms with Crippen molar-refractivity contribution in [2.24, 2.45) is 10.9 Å². The van der Waals surface area contributed by atoms with Crippen molar-refractivity contribution in [1.29, 1.82) is 0 Å². The van der Waals surface area contributed by atoms with Crippen molar-refractivity contribution in [2.45, 2.75) is 32.6 Å². The average Bonchev–Trinajstić information content (AvgIpc) is 2.74. The number of hydrogen-bond donors (Lipinski definition) is 2. The molecule has 7 nitrogen and oxygen atoms in total. The highest BCUT2D eigenvalue weighted by Gasteiger charge is 2.29. The summed E-state index contributed by atoms with van der Waals surface area (Å²) in [6.07, 6.45) is -4.40. The van der Waals surface area contributed by atoms with Crippen LogP contribution in [0.25, 0.3) is 0 Å². The zero-order valence-electron chi connectivity index (χ0n) is 19.0. The molecule has 1 aromatic rings. The van der Waals surface area contributed by atoms with Gasteiger partial charge in [0.2, 0.25) is 0 Å². The van der Waals surface area contributed by atoms with Crippen LogP contribution in [-0.4, -0.2) is 76.7 Å². The van der Waals surface area contributed by atoms with Crippen LogP contribution < -0.4 is 20.1 Å². The first kappa shape index (κ1) is 28.6. The molecule has 32 heavy (non-hydrogen) atoms. The Morgan fingerprint density at radius 3 is 2.44 bits per heavy atom. The van der Waals surface area contributed by atoms with Crippen molar-refractivity contribution in [1.82, 2.24) is 15.5 Å². The van der Waals surface area contributed by atoms with Gasteiger partial charge in [-0.2, -0.15) is 13.2 Å². The molecule has 0 bridgehead atoms. The van der Waals surface area contributed by atoms with Crippen LogP contribution in [-0.2, 0) is 11.3 Å². The highest BCUT2D eigenvalue weighted by atomic mass is 127.